The molecule has 1 aliphatic heterocycles. The van der Waals surface area contributed by atoms with Crippen LogP contribution >= 0.6 is 34.7 Å². The molecular formula is C19H18ClN3O3S3. The number of rotatable bonds is 6. The molecule has 0 atom stereocenters. The van der Waals surface area contributed by atoms with E-state index >= 15 is 0 Å². The molecule has 1 saturated heterocycles. The molecule has 3 rings (SSSR count). The Morgan fingerprint density at radius 2 is 1.90 bits per heavy atom. The van der Waals surface area contributed by atoms with Gasteiger partial charge in [-0.05, 0) is 47.7 Å². The minimum atomic E-state index is -3.97. The normalized spacial score (nSPS) is 17.3. The predicted octanol–water partition coefficient (Wildman–Crippen LogP) is 4.31. The van der Waals surface area contributed by atoms with Crippen molar-refractivity contribution in [2.75, 3.05) is 25.5 Å². The van der Waals surface area contributed by atoms with Gasteiger partial charge in [-0.1, -0.05) is 29.8 Å². The van der Waals surface area contributed by atoms with E-state index in [2.05, 4.69) is 11.0 Å². The lowest BCUT2D eigenvalue weighted by molar-refractivity contribution is -0.121. The van der Waals surface area contributed by atoms with Crippen molar-refractivity contribution in [3.8, 4) is 0 Å². The number of benzene rings is 1. The second kappa shape index (κ2) is 8.74. The quantitative estimate of drug-likeness (QED) is 0.467. The standard InChI is InChI=1S/C19H18ClN3O3S3/c1-4-11-23-18(24)15(12-13-5-7-14(8-6-13)22(2)3)27-19(23)21-29(25,26)17-10-9-16(20)28-17/h4-10,12H,1,11H2,2-3H3/b15-12-,21-19+. The number of amides is 1. The fourth-order valence-corrected chi connectivity index (χ4v) is 6.12. The number of thioether (sulfide) groups is 1. The molecule has 2 aromatic rings. The van der Waals surface area contributed by atoms with Crippen molar-refractivity contribution in [1.82, 2.24) is 4.90 Å². The molecule has 0 saturated carbocycles. The maximum Gasteiger partial charge on any atom is 0.294 e. The van der Waals surface area contributed by atoms with Gasteiger partial charge in [-0.2, -0.15) is 8.42 Å². The van der Waals surface area contributed by atoms with Crippen molar-refractivity contribution in [1.29, 1.82) is 0 Å². The van der Waals surface area contributed by atoms with Crippen molar-refractivity contribution in [3.05, 3.63) is 63.9 Å². The number of sulfonamides is 1. The lowest BCUT2D eigenvalue weighted by Gasteiger charge is -2.12. The van der Waals surface area contributed by atoms with Gasteiger partial charge in [0.2, 0.25) is 0 Å². The van der Waals surface area contributed by atoms with Crippen molar-refractivity contribution in [2.24, 2.45) is 4.40 Å². The van der Waals surface area contributed by atoms with E-state index in [0.717, 1.165) is 34.3 Å². The second-order valence-corrected chi connectivity index (χ2v) is 10.8. The molecule has 152 valence electrons. The van der Waals surface area contributed by atoms with Gasteiger partial charge >= 0.3 is 0 Å². The zero-order chi connectivity index (χ0) is 21.2. The summed E-state index contributed by atoms with van der Waals surface area (Å²) >= 11 is 7.78. The number of halogens is 1. The summed E-state index contributed by atoms with van der Waals surface area (Å²) in [7, 11) is -0.0779. The van der Waals surface area contributed by atoms with Gasteiger partial charge in [-0.25, -0.2) is 0 Å². The van der Waals surface area contributed by atoms with Crippen LogP contribution < -0.4 is 4.90 Å². The third-order valence-corrected chi connectivity index (χ3v) is 8.00. The van der Waals surface area contributed by atoms with Gasteiger partial charge in [0.1, 0.15) is 4.21 Å². The summed E-state index contributed by atoms with van der Waals surface area (Å²) in [5.74, 6) is -0.315. The van der Waals surface area contributed by atoms with Crippen molar-refractivity contribution < 1.29 is 13.2 Å². The third-order valence-electron chi connectivity index (χ3n) is 3.91. The van der Waals surface area contributed by atoms with Gasteiger partial charge in [-0.3, -0.25) is 9.69 Å². The van der Waals surface area contributed by atoms with E-state index in [1.807, 2.05) is 43.3 Å². The van der Waals surface area contributed by atoms with Crippen LogP contribution in [0.25, 0.3) is 6.08 Å². The first-order valence-electron chi connectivity index (χ1n) is 8.41. The van der Waals surface area contributed by atoms with Crippen molar-refractivity contribution in [2.45, 2.75) is 4.21 Å². The van der Waals surface area contributed by atoms with Gasteiger partial charge in [-0.15, -0.1) is 22.3 Å². The first-order chi connectivity index (χ1) is 13.7. The summed E-state index contributed by atoms with van der Waals surface area (Å²) in [5.41, 5.74) is 1.87. The first kappa shape index (κ1) is 21.6. The number of hydrogen-bond donors (Lipinski definition) is 0. The van der Waals surface area contributed by atoms with E-state index in [9.17, 15) is 13.2 Å². The Hall–Kier alpha value is -2.07. The number of nitrogens with zero attached hydrogens (tertiary/aromatic N) is 3. The Morgan fingerprint density at radius 1 is 1.21 bits per heavy atom. The minimum Gasteiger partial charge on any atom is -0.378 e. The van der Waals surface area contributed by atoms with Crippen LogP contribution in [0.2, 0.25) is 4.34 Å². The lowest BCUT2D eigenvalue weighted by Crippen LogP contribution is -2.29. The molecule has 0 bridgehead atoms. The molecule has 1 amide bonds. The summed E-state index contributed by atoms with van der Waals surface area (Å²) in [5, 5.41) is 0.0931. The Morgan fingerprint density at radius 3 is 2.45 bits per heavy atom. The minimum absolute atomic E-state index is 0.0262. The van der Waals surface area contributed by atoms with Gasteiger partial charge in [0.05, 0.1) is 9.24 Å². The molecule has 0 radical (unpaired) electrons. The monoisotopic (exact) mass is 467 g/mol. The van der Waals surface area contributed by atoms with Crippen LogP contribution in [0.1, 0.15) is 5.56 Å². The van der Waals surface area contributed by atoms with Crippen LogP contribution in [0.4, 0.5) is 5.69 Å². The number of carbonyl (C=O) groups excluding carboxylic acids is 1. The molecule has 10 heteroatoms. The van der Waals surface area contributed by atoms with Gasteiger partial charge < -0.3 is 4.90 Å². The average Bonchev–Trinajstić information content (AvgIpc) is 3.22. The molecule has 0 spiro atoms. The number of amidine groups is 1. The van der Waals surface area contributed by atoms with E-state index in [4.69, 9.17) is 11.6 Å². The number of anilines is 1. The van der Waals surface area contributed by atoms with Crippen LogP contribution in [0, 0.1) is 0 Å². The average molecular weight is 468 g/mol. The molecule has 0 N–H and O–H groups in total. The summed E-state index contributed by atoms with van der Waals surface area (Å²) < 4.78 is 29.4. The van der Waals surface area contributed by atoms with Crippen LogP contribution in [-0.2, 0) is 14.8 Å². The van der Waals surface area contributed by atoms with E-state index in [1.165, 1.54) is 23.1 Å². The summed E-state index contributed by atoms with van der Waals surface area (Å²) in [4.78, 5) is 16.5. The largest absolute Gasteiger partial charge is 0.378 e. The van der Waals surface area contributed by atoms with Crippen LogP contribution in [0.5, 0.6) is 0 Å². The zero-order valence-corrected chi connectivity index (χ0v) is 18.9. The number of hydrogen-bond acceptors (Lipinski definition) is 6. The molecule has 1 fully saturated rings. The summed E-state index contributed by atoms with van der Waals surface area (Å²) in [6, 6.07) is 10.6. The third kappa shape index (κ3) is 4.92. The van der Waals surface area contributed by atoms with Crippen LogP contribution in [-0.4, -0.2) is 45.0 Å². The Labute approximate surface area is 183 Å². The van der Waals surface area contributed by atoms with E-state index < -0.39 is 10.0 Å². The fourth-order valence-electron chi connectivity index (χ4n) is 2.47. The molecule has 1 aliphatic rings. The lowest BCUT2D eigenvalue weighted by atomic mass is 10.2. The second-order valence-electron chi connectivity index (χ2n) is 6.21. The maximum absolute atomic E-state index is 12.8. The van der Waals surface area contributed by atoms with E-state index in [-0.39, 0.29) is 21.8 Å². The van der Waals surface area contributed by atoms with E-state index in [1.54, 1.807) is 6.08 Å². The van der Waals surface area contributed by atoms with Crippen LogP contribution in [0.15, 0.2) is 62.6 Å². The number of carbonyl (C=O) groups is 1. The molecule has 0 unspecified atom stereocenters. The highest BCUT2D eigenvalue weighted by atomic mass is 35.5. The maximum atomic E-state index is 12.8. The topological polar surface area (TPSA) is 70.1 Å². The SMILES string of the molecule is C=CCN1C(=O)/C(=C/c2ccc(N(C)C)cc2)S/C1=N/S(=O)(=O)c1ccc(Cl)s1. The highest BCUT2D eigenvalue weighted by Crippen LogP contribution is 2.35. The molecule has 1 aromatic carbocycles. The number of thiophene rings is 1. The Kier molecular flexibility index (Phi) is 6.52. The zero-order valence-electron chi connectivity index (χ0n) is 15.7. The molecule has 0 aliphatic carbocycles. The Balaban J connectivity index is 1.94. The van der Waals surface area contributed by atoms with Gasteiger partial charge in [0.25, 0.3) is 15.9 Å². The van der Waals surface area contributed by atoms with E-state index in [0.29, 0.717) is 9.24 Å². The highest BCUT2D eigenvalue weighted by molar-refractivity contribution is 8.19. The molecule has 29 heavy (non-hydrogen) atoms. The molecule has 6 nitrogen and oxygen atoms in total. The van der Waals surface area contributed by atoms with Gasteiger partial charge in [0.15, 0.2) is 5.17 Å². The fraction of sp³-hybridized carbons (Fsp3) is 0.158. The molecular weight excluding hydrogens is 450 g/mol. The van der Waals surface area contributed by atoms with Gasteiger partial charge in [0, 0.05) is 26.3 Å². The van der Waals surface area contributed by atoms with Crippen LogP contribution in [0.3, 0.4) is 0 Å². The van der Waals surface area contributed by atoms with Crippen molar-refractivity contribution >= 4 is 67.6 Å². The highest BCUT2D eigenvalue weighted by Gasteiger charge is 2.34. The summed E-state index contributed by atoms with van der Waals surface area (Å²) in [6.45, 7) is 3.79. The predicted molar refractivity (Wildman–Crippen MR) is 122 cm³/mol. The summed E-state index contributed by atoms with van der Waals surface area (Å²) in [6.07, 6.45) is 3.25. The molecule has 1 aromatic heterocycles. The Bertz CT molecular complexity index is 1100. The van der Waals surface area contributed by atoms with Crippen molar-refractivity contribution in [3.63, 3.8) is 0 Å². The molecule has 2 heterocycles. The smallest absolute Gasteiger partial charge is 0.294 e. The first-order valence-corrected chi connectivity index (χ1v) is 11.9.